The molecule has 0 bridgehead atoms. The van der Waals surface area contributed by atoms with E-state index < -0.39 is 0 Å². The van der Waals surface area contributed by atoms with E-state index in [0.29, 0.717) is 5.92 Å². The second-order valence-electron chi connectivity index (χ2n) is 5.17. The molecule has 1 N–H and O–H groups in total. The summed E-state index contributed by atoms with van der Waals surface area (Å²) in [7, 11) is 0. The third-order valence-electron chi connectivity index (χ3n) is 4.10. The van der Waals surface area contributed by atoms with Crippen LogP contribution in [0.15, 0.2) is 10.7 Å². The maximum absolute atomic E-state index is 5.51. The fourth-order valence-electron chi connectivity index (χ4n) is 3.17. The Morgan fingerprint density at radius 3 is 2.75 bits per heavy atom. The Labute approximate surface area is 96.6 Å². The Hall–Kier alpha value is -0.830. The van der Waals surface area contributed by atoms with Crippen LogP contribution in [0.3, 0.4) is 0 Å². The summed E-state index contributed by atoms with van der Waals surface area (Å²) < 4.78 is 5.51. The molecule has 2 aliphatic rings. The van der Waals surface area contributed by atoms with Crippen LogP contribution in [0.25, 0.3) is 0 Å². The van der Waals surface area contributed by atoms with Crippen molar-refractivity contribution in [1.29, 1.82) is 0 Å². The van der Waals surface area contributed by atoms with E-state index >= 15 is 0 Å². The summed E-state index contributed by atoms with van der Waals surface area (Å²) in [6.07, 6.45) is 9.99. The molecule has 1 saturated heterocycles. The Morgan fingerprint density at radius 2 is 2.00 bits per heavy atom. The van der Waals surface area contributed by atoms with Crippen molar-refractivity contribution in [2.24, 2.45) is 0 Å². The standard InChI is InChI=1S/C13H20N2O/c1-2-4-10(5-3-1)12-9-15-16-13(12)11-6-7-14-8-11/h9-11,14H,1-8H2. The van der Waals surface area contributed by atoms with Crippen molar-refractivity contribution in [2.45, 2.75) is 50.4 Å². The number of hydrogen-bond donors (Lipinski definition) is 1. The first-order chi connectivity index (χ1) is 7.95. The van der Waals surface area contributed by atoms with Gasteiger partial charge < -0.3 is 9.84 Å². The summed E-state index contributed by atoms with van der Waals surface area (Å²) in [6, 6.07) is 0. The van der Waals surface area contributed by atoms with E-state index in [1.165, 1.54) is 49.8 Å². The molecule has 3 heteroatoms. The van der Waals surface area contributed by atoms with Gasteiger partial charge in [-0.1, -0.05) is 24.4 Å². The summed E-state index contributed by atoms with van der Waals surface area (Å²) in [5, 5.41) is 7.44. The summed E-state index contributed by atoms with van der Waals surface area (Å²) >= 11 is 0. The normalized spacial score (nSPS) is 27.4. The molecule has 1 aromatic rings. The molecule has 88 valence electrons. The fourth-order valence-corrected chi connectivity index (χ4v) is 3.17. The van der Waals surface area contributed by atoms with E-state index in [9.17, 15) is 0 Å². The first-order valence-electron chi connectivity index (χ1n) is 6.60. The average Bonchev–Trinajstić information content (AvgIpc) is 3.01. The Bertz CT molecular complexity index is 335. The van der Waals surface area contributed by atoms with Crippen LogP contribution in [-0.4, -0.2) is 18.2 Å². The molecular formula is C13H20N2O. The number of rotatable bonds is 2. The van der Waals surface area contributed by atoms with Gasteiger partial charge in [0.2, 0.25) is 0 Å². The number of hydrogen-bond acceptors (Lipinski definition) is 3. The van der Waals surface area contributed by atoms with Gasteiger partial charge in [-0.25, -0.2) is 0 Å². The van der Waals surface area contributed by atoms with Crippen molar-refractivity contribution in [3.05, 3.63) is 17.5 Å². The Morgan fingerprint density at radius 1 is 1.12 bits per heavy atom. The van der Waals surface area contributed by atoms with E-state index in [-0.39, 0.29) is 0 Å². The van der Waals surface area contributed by atoms with Crippen molar-refractivity contribution in [3.63, 3.8) is 0 Å². The van der Waals surface area contributed by atoms with Crippen LogP contribution >= 0.6 is 0 Å². The highest BCUT2D eigenvalue weighted by molar-refractivity contribution is 5.24. The molecule has 0 amide bonds. The minimum atomic E-state index is 0.569. The predicted molar refractivity (Wildman–Crippen MR) is 62.6 cm³/mol. The quantitative estimate of drug-likeness (QED) is 0.832. The zero-order valence-electron chi connectivity index (χ0n) is 9.74. The lowest BCUT2D eigenvalue weighted by Crippen LogP contribution is -2.11. The molecule has 0 radical (unpaired) electrons. The van der Waals surface area contributed by atoms with E-state index in [1.54, 1.807) is 0 Å². The first kappa shape index (κ1) is 10.3. The summed E-state index contributed by atoms with van der Waals surface area (Å²) in [5.41, 5.74) is 1.41. The van der Waals surface area contributed by atoms with Gasteiger partial charge in [-0.05, 0) is 31.7 Å². The van der Waals surface area contributed by atoms with Crippen molar-refractivity contribution < 1.29 is 4.52 Å². The highest BCUT2D eigenvalue weighted by Gasteiger charge is 2.28. The average molecular weight is 220 g/mol. The van der Waals surface area contributed by atoms with Gasteiger partial charge in [-0.3, -0.25) is 0 Å². The number of nitrogens with zero attached hydrogens (tertiary/aromatic N) is 1. The smallest absolute Gasteiger partial charge is 0.144 e. The fraction of sp³-hybridized carbons (Fsp3) is 0.769. The van der Waals surface area contributed by atoms with E-state index in [0.717, 1.165) is 19.0 Å². The van der Waals surface area contributed by atoms with Gasteiger partial charge in [-0.15, -0.1) is 0 Å². The maximum Gasteiger partial charge on any atom is 0.144 e. The lowest BCUT2D eigenvalue weighted by molar-refractivity contribution is 0.357. The topological polar surface area (TPSA) is 38.1 Å². The molecular weight excluding hydrogens is 200 g/mol. The summed E-state index contributed by atoms with van der Waals surface area (Å²) in [5.74, 6) is 2.46. The highest BCUT2D eigenvalue weighted by Crippen LogP contribution is 2.37. The lowest BCUT2D eigenvalue weighted by atomic mass is 9.82. The molecule has 16 heavy (non-hydrogen) atoms. The molecule has 3 nitrogen and oxygen atoms in total. The van der Waals surface area contributed by atoms with Crippen molar-refractivity contribution in [2.75, 3.05) is 13.1 Å². The highest BCUT2D eigenvalue weighted by atomic mass is 16.5. The van der Waals surface area contributed by atoms with Crippen LogP contribution in [0.4, 0.5) is 0 Å². The molecule has 1 unspecified atom stereocenters. The van der Waals surface area contributed by atoms with Crippen LogP contribution < -0.4 is 5.32 Å². The molecule has 2 heterocycles. The van der Waals surface area contributed by atoms with Crippen molar-refractivity contribution in [3.8, 4) is 0 Å². The minimum Gasteiger partial charge on any atom is -0.361 e. The van der Waals surface area contributed by atoms with Gasteiger partial charge in [0.25, 0.3) is 0 Å². The Kier molecular flexibility index (Phi) is 2.96. The molecule has 1 atom stereocenters. The van der Waals surface area contributed by atoms with Crippen molar-refractivity contribution in [1.82, 2.24) is 10.5 Å². The van der Waals surface area contributed by atoms with E-state index in [4.69, 9.17) is 4.52 Å². The van der Waals surface area contributed by atoms with Gasteiger partial charge in [0, 0.05) is 18.0 Å². The molecule has 0 spiro atoms. The van der Waals surface area contributed by atoms with Gasteiger partial charge in [-0.2, -0.15) is 0 Å². The predicted octanol–water partition coefficient (Wildman–Crippen LogP) is 2.80. The third kappa shape index (κ3) is 1.88. The molecule has 1 saturated carbocycles. The second-order valence-corrected chi connectivity index (χ2v) is 5.17. The van der Waals surface area contributed by atoms with Crippen LogP contribution in [-0.2, 0) is 0 Å². The number of nitrogens with one attached hydrogen (secondary N) is 1. The second kappa shape index (κ2) is 4.58. The molecule has 1 aliphatic heterocycles. The van der Waals surface area contributed by atoms with Gasteiger partial charge in [0.1, 0.15) is 5.76 Å². The molecule has 0 aromatic carbocycles. The van der Waals surface area contributed by atoms with Crippen LogP contribution in [0.2, 0.25) is 0 Å². The largest absolute Gasteiger partial charge is 0.361 e. The van der Waals surface area contributed by atoms with Crippen molar-refractivity contribution >= 4 is 0 Å². The van der Waals surface area contributed by atoms with E-state index in [1.807, 2.05) is 6.20 Å². The molecule has 1 aromatic heterocycles. The zero-order valence-corrected chi connectivity index (χ0v) is 9.74. The monoisotopic (exact) mass is 220 g/mol. The van der Waals surface area contributed by atoms with Gasteiger partial charge >= 0.3 is 0 Å². The number of aromatic nitrogens is 1. The third-order valence-corrected chi connectivity index (χ3v) is 4.10. The first-order valence-corrected chi connectivity index (χ1v) is 6.60. The van der Waals surface area contributed by atoms with Crippen LogP contribution in [0, 0.1) is 0 Å². The maximum atomic E-state index is 5.51. The minimum absolute atomic E-state index is 0.569. The van der Waals surface area contributed by atoms with Gasteiger partial charge in [0.05, 0.1) is 6.20 Å². The van der Waals surface area contributed by atoms with E-state index in [2.05, 4.69) is 10.5 Å². The zero-order chi connectivity index (χ0) is 10.8. The Balaban J connectivity index is 1.80. The summed E-state index contributed by atoms with van der Waals surface area (Å²) in [6.45, 7) is 2.18. The van der Waals surface area contributed by atoms with Crippen LogP contribution in [0.1, 0.15) is 61.7 Å². The SMILES string of the molecule is c1noc(C2CCNC2)c1C1CCCCC1. The molecule has 3 rings (SSSR count). The molecule has 1 aliphatic carbocycles. The van der Waals surface area contributed by atoms with Gasteiger partial charge in [0.15, 0.2) is 0 Å². The lowest BCUT2D eigenvalue weighted by Gasteiger charge is -2.21. The molecule has 2 fully saturated rings. The summed E-state index contributed by atoms with van der Waals surface area (Å²) in [4.78, 5) is 0. The van der Waals surface area contributed by atoms with Crippen LogP contribution in [0.5, 0.6) is 0 Å².